The summed E-state index contributed by atoms with van der Waals surface area (Å²) < 4.78 is 24.9. The van der Waals surface area contributed by atoms with E-state index < -0.39 is 5.60 Å². The number of aliphatic hydroxyl groups is 1. The van der Waals surface area contributed by atoms with Crippen LogP contribution in [0.25, 0.3) is 0 Å². The second-order valence-corrected chi connectivity index (χ2v) is 7.88. The van der Waals surface area contributed by atoms with Crippen molar-refractivity contribution >= 4 is 0 Å². The van der Waals surface area contributed by atoms with E-state index in [2.05, 4.69) is 4.90 Å². The predicted molar refractivity (Wildman–Crippen MR) is 114 cm³/mol. The van der Waals surface area contributed by atoms with Crippen LogP contribution in [0.3, 0.4) is 0 Å². The van der Waals surface area contributed by atoms with Crippen LogP contribution in [0.1, 0.15) is 23.6 Å². The van der Waals surface area contributed by atoms with Gasteiger partial charge in [-0.15, -0.1) is 0 Å². The minimum Gasteiger partial charge on any atom is -0.492 e. The van der Waals surface area contributed by atoms with Gasteiger partial charge in [-0.05, 0) is 54.4 Å². The number of rotatable bonds is 6. The Bertz CT molecular complexity index is 973. The van der Waals surface area contributed by atoms with Crippen LogP contribution >= 0.6 is 0 Å². The summed E-state index contributed by atoms with van der Waals surface area (Å²) in [6.45, 7) is 4.66. The first kappa shape index (κ1) is 20.4. The zero-order chi connectivity index (χ0) is 21.0. The lowest BCUT2D eigenvalue weighted by molar-refractivity contribution is 0.00748. The van der Waals surface area contributed by atoms with Gasteiger partial charge in [-0.1, -0.05) is 36.4 Å². The summed E-state index contributed by atoms with van der Waals surface area (Å²) in [7, 11) is 0. The number of hydrogen-bond donors (Lipinski definition) is 1. The van der Waals surface area contributed by atoms with Gasteiger partial charge < -0.3 is 14.6 Å². The molecule has 1 heterocycles. The minimum atomic E-state index is -1.14. The normalized spacial score (nSPS) is 16.1. The first-order chi connectivity index (χ1) is 14.5. The number of halogens is 1. The largest absolute Gasteiger partial charge is 0.492 e. The third kappa shape index (κ3) is 4.99. The highest BCUT2D eigenvalue weighted by atomic mass is 19.1. The Morgan fingerprint density at radius 3 is 2.60 bits per heavy atom. The van der Waals surface area contributed by atoms with Crippen LogP contribution in [0.2, 0.25) is 0 Å². The summed E-state index contributed by atoms with van der Waals surface area (Å²) in [6, 6.07) is 21.9. The van der Waals surface area contributed by atoms with Crippen molar-refractivity contribution in [1.29, 1.82) is 0 Å². The van der Waals surface area contributed by atoms with Gasteiger partial charge in [0.05, 0.1) is 0 Å². The van der Waals surface area contributed by atoms with Gasteiger partial charge in [0.15, 0.2) is 0 Å². The first-order valence-corrected chi connectivity index (χ1v) is 10.1. The van der Waals surface area contributed by atoms with Gasteiger partial charge in [0.2, 0.25) is 0 Å². The number of ether oxygens (including phenoxy) is 2. The van der Waals surface area contributed by atoms with E-state index in [1.165, 1.54) is 12.1 Å². The molecule has 4 nitrogen and oxygen atoms in total. The third-order valence-electron chi connectivity index (χ3n) is 5.32. The van der Waals surface area contributed by atoms with Crippen LogP contribution < -0.4 is 9.47 Å². The molecule has 0 saturated heterocycles. The number of benzene rings is 3. The summed E-state index contributed by atoms with van der Waals surface area (Å²) in [5.74, 6) is 1.33. The van der Waals surface area contributed by atoms with E-state index >= 15 is 0 Å². The number of hydrogen-bond acceptors (Lipinski definition) is 4. The van der Waals surface area contributed by atoms with E-state index in [0.29, 0.717) is 19.7 Å². The topological polar surface area (TPSA) is 41.9 Å². The van der Waals surface area contributed by atoms with E-state index in [-0.39, 0.29) is 12.4 Å². The summed E-state index contributed by atoms with van der Waals surface area (Å²) in [5.41, 5.74) is 1.72. The van der Waals surface area contributed by atoms with Gasteiger partial charge >= 0.3 is 0 Å². The number of fused-ring (bicyclic) bond motifs is 1. The van der Waals surface area contributed by atoms with Crippen molar-refractivity contribution in [3.05, 3.63) is 95.3 Å². The average Bonchev–Trinajstić information content (AvgIpc) is 2.96. The Kier molecular flexibility index (Phi) is 6.02. The van der Waals surface area contributed by atoms with E-state index in [4.69, 9.17) is 9.47 Å². The van der Waals surface area contributed by atoms with Gasteiger partial charge in [0.25, 0.3) is 0 Å². The Morgan fingerprint density at radius 1 is 1.07 bits per heavy atom. The summed E-state index contributed by atoms with van der Waals surface area (Å²) in [6.07, 6.45) is 0. The lowest BCUT2D eigenvalue weighted by atomic mass is 9.94. The molecule has 30 heavy (non-hydrogen) atoms. The molecule has 0 unspecified atom stereocenters. The molecule has 4 rings (SSSR count). The molecule has 156 valence electrons. The molecule has 1 aliphatic heterocycles. The van der Waals surface area contributed by atoms with Crippen LogP contribution in [-0.4, -0.2) is 29.8 Å². The van der Waals surface area contributed by atoms with Gasteiger partial charge in [0, 0.05) is 25.2 Å². The van der Waals surface area contributed by atoms with Crippen LogP contribution in [-0.2, 0) is 18.7 Å². The molecule has 1 atom stereocenters. The van der Waals surface area contributed by atoms with Crippen LogP contribution in [0.5, 0.6) is 11.5 Å². The molecule has 3 aromatic rings. The molecule has 0 fully saturated rings. The minimum absolute atomic E-state index is 0.149. The Hall–Kier alpha value is -2.89. The zero-order valence-corrected chi connectivity index (χ0v) is 17.1. The van der Waals surface area contributed by atoms with E-state index in [1.54, 1.807) is 6.92 Å². The summed E-state index contributed by atoms with van der Waals surface area (Å²) in [5, 5.41) is 11.0. The molecule has 0 radical (unpaired) electrons. The van der Waals surface area contributed by atoms with E-state index in [1.807, 2.05) is 60.7 Å². The highest BCUT2D eigenvalue weighted by Gasteiger charge is 2.26. The van der Waals surface area contributed by atoms with Crippen molar-refractivity contribution in [2.24, 2.45) is 0 Å². The summed E-state index contributed by atoms with van der Waals surface area (Å²) in [4.78, 5) is 2.26. The monoisotopic (exact) mass is 407 g/mol. The maximum atomic E-state index is 13.2. The standard InChI is InChI=1S/C25H26FNO3/c1-25(28,18-30-23-5-3-2-4-6-23)21-9-12-24-20(15-21)17-27(13-14-29-24)16-19-7-10-22(26)11-8-19/h2-12,15,28H,13-14,16-18H2,1H3/t25-/m0/s1. The Morgan fingerprint density at radius 2 is 1.83 bits per heavy atom. The lowest BCUT2D eigenvalue weighted by Crippen LogP contribution is -2.30. The SMILES string of the molecule is C[C@](O)(COc1ccccc1)c1ccc2c(c1)CN(Cc1ccc(F)cc1)CCO2. The van der Waals surface area contributed by atoms with Gasteiger partial charge in [-0.25, -0.2) is 4.39 Å². The Labute approximate surface area is 176 Å². The van der Waals surface area contributed by atoms with Crippen molar-refractivity contribution in [1.82, 2.24) is 4.90 Å². The quantitative estimate of drug-likeness (QED) is 0.653. The number of nitrogens with zero attached hydrogens (tertiary/aromatic N) is 1. The molecule has 3 aromatic carbocycles. The van der Waals surface area contributed by atoms with Crippen LogP contribution in [0.4, 0.5) is 4.39 Å². The first-order valence-electron chi connectivity index (χ1n) is 10.1. The molecule has 1 N–H and O–H groups in total. The highest BCUT2D eigenvalue weighted by Crippen LogP contribution is 2.30. The molecule has 0 aliphatic carbocycles. The Balaban J connectivity index is 1.48. The van der Waals surface area contributed by atoms with E-state index in [0.717, 1.165) is 34.7 Å². The molecular weight excluding hydrogens is 381 g/mol. The molecule has 0 bridgehead atoms. The third-order valence-corrected chi connectivity index (χ3v) is 5.32. The fraction of sp³-hybridized carbons (Fsp3) is 0.280. The zero-order valence-electron chi connectivity index (χ0n) is 17.1. The second kappa shape index (κ2) is 8.86. The van der Waals surface area contributed by atoms with Gasteiger partial charge in [-0.3, -0.25) is 4.90 Å². The molecule has 0 amide bonds. The maximum absolute atomic E-state index is 13.2. The van der Waals surface area contributed by atoms with Crippen LogP contribution in [0, 0.1) is 5.82 Å². The molecule has 0 saturated carbocycles. The molecule has 5 heteroatoms. The van der Waals surface area contributed by atoms with E-state index in [9.17, 15) is 9.50 Å². The fourth-order valence-electron chi connectivity index (χ4n) is 3.59. The van der Waals surface area contributed by atoms with Gasteiger partial charge in [-0.2, -0.15) is 0 Å². The molecule has 1 aliphatic rings. The molecule has 0 aromatic heterocycles. The maximum Gasteiger partial charge on any atom is 0.123 e. The van der Waals surface area contributed by atoms with Gasteiger partial charge in [0.1, 0.15) is 36.1 Å². The predicted octanol–water partition coefficient (Wildman–Crippen LogP) is 4.51. The second-order valence-electron chi connectivity index (χ2n) is 7.88. The molecule has 0 spiro atoms. The molecular formula is C25H26FNO3. The number of para-hydroxylation sites is 1. The van der Waals surface area contributed by atoms with Crippen LogP contribution in [0.15, 0.2) is 72.8 Å². The highest BCUT2D eigenvalue weighted by molar-refractivity contribution is 5.40. The lowest BCUT2D eigenvalue weighted by Gasteiger charge is -2.25. The smallest absolute Gasteiger partial charge is 0.123 e. The van der Waals surface area contributed by atoms with Crippen molar-refractivity contribution in [2.75, 3.05) is 19.8 Å². The van der Waals surface area contributed by atoms with Crippen molar-refractivity contribution in [3.63, 3.8) is 0 Å². The summed E-state index contributed by atoms with van der Waals surface area (Å²) >= 11 is 0. The van der Waals surface area contributed by atoms with Crippen molar-refractivity contribution in [2.45, 2.75) is 25.6 Å². The van der Waals surface area contributed by atoms with Crippen molar-refractivity contribution in [3.8, 4) is 11.5 Å². The average molecular weight is 407 g/mol. The fourth-order valence-corrected chi connectivity index (χ4v) is 3.59. The van der Waals surface area contributed by atoms with Crippen molar-refractivity contribution < 1.29 is 19.0 Å².